The zero-order valence-corrected chi connectivity index (χ0v) is 17.3. The number of carbonyl (C=O) groups is 1. The Balaban J connectivity index is 1.78. The summed E-state index contributed by atoms with van der Waals surface area (Å²) in [5.41, 5.74) is 6.26. The molecule has 30 heavy (non-hydrogen) atoms. The normalized spacial score (nSPS) is 16.6. The average molecular weight is 412 g/mol. The molecule has 8 nitrogen and oxygen atoms in total. The van der Waals surface area contributed by atoms with Gasteiger partial charge in [-0.15, -0.1) is 0 Å². The summed E-state index contributed by atoms with van der Waals surface area (Å²) >= 11 is 0. The number of nitrogen functional groups attached to an aromatic ring is 1. The summed E-state index contributed by atoms with van der Waals surface area (Å²) < 4.78 is 19.4. The second kappa shape index (κ2) is 8.53. The number of amides is 1. The molecule has 158 valence electrons. The lowest BCUT2D eigenvalue weighted by atomic mass is 10.1. The smallest absolute Gasteiger partial charge is 0.407 e. The van der Waals surface area contributed by atoms with Crippen molar-refractivity contribution < 1.29 is 13.9 Å². The van der Waals surface area contributed by atoms with Crippen LogP contribution in [0.3, 0.4) is 0 Å². The fourth-order valence-corrected chi connectivity index (χ4v) is 3.30. The van der Waals surface area contributed by atoms with E-state index >= 15 is 0 Å². The van der Waals surface area contributed by atoms with Crippen LogP contribution in [0.15, 0.2) is 24.3 Å². The van der Waals surface area contributed by atoms with Crippen LogP contribution in [0.4, 0.5) is 21.0 Å². The maximum absolute atomic E-state index is 14.0. The lowest BCUT2D eigenvalue weighted by molar-refractivity contribution is 0.0500. The van der Waals surface area contributed by atoms with Gasteiger partial charge in [0, 0.05) is 30.8 Å². The van der Waals surface area contributed by atoms with Crippen LogP contribution in [0, 0.1) is 17.1 Å². The van der Waals surface area contributed by atoms with Crippen LogP contribution in [-0.2, 0) is 4.74 Å². The number of nitriles is 1. The summed E-state index contributed by atoms with van der Waals surface area (Å²) in [7, 11) is 0. The Morgan fingerprint density at radius 3 is 2.80 bits per heavy atom. The first-order chi connectivity index (χ1) is 14.1. The van der Waals surface area contributed by atoms with Gasteiger partial charge in [-0.25, -0.2) is 14.2 Å². The molecule has 9 heteroatoms. The number of hydrogen-bond acceptors (Lipinski definition) is 7. The standard InChI is InChI=1S/C21H25FN6O2/c1-21(2,3)30-20(29)25-15-5-4-8-28(12-15)18-10-17(26-19(24)27-18)13-6-7-14(11-23)16(22)9-13/h6-7,9-10,15H,4-5,8,12H2,1-3H3,(H,25,29)(H2,24,26,27). The number of piperidine rings is 1. The van der Waals surface area contributed by atoms with E-state index in [0.29, 0.717) is 23.6 Å². The summed E-state index contributed by atoms with van der Waals surface area (Å²) in [6.07, 6.45) is 1.22. The third kappa shape index (κ3) is 5.35. The number of carbonyl (C=O) groups excluding carboxylic acids is 1. The van der Waals surface area contributed by atoms with E-state index in [0.717, 1.165) is 19.4 Å². The molecule has 1 aromatic heterocycles. The molecule has 0 saturated carbocycles. The number of aromatic nitrogens is 2. The molecule has 1 atom stereocenters. The van der Waals surface area contributed by atoms with E-state index in [4.69, 9.17) is 15.7 Å². The number of alkyl carbamates (subject to hydrolysis) is 1. The van der Waals surface area contributed by atoms with Crippen molar-refractivity contribution in [1.29, 1.82) is 5.26 Å². The highest BCUT2D eigenvalue weighted by Crippen LogP contribution is 2.26. The van der Waals surface area contributed by atoms with Crippen molar-refractivity contribution in [1.82, 2.24) is 15.3 Å². The Morgan fingerprint density at radius 1 is 1.37 bits per heavy atom. The average Bonchev–Trinajstić information content (AvgIpc) is 2.66. The van der Waals surface area contributed by atoms with Crippen molar-refractivity contribution in [2.24, 2.45) is 0 Å². The zero-order chi connectivity index (χ0) is 21.9. The monoisotopic (exact) mass is 412 g/mol. The van der Waals surface area contributed by atoms with Crippen LogP contribution in [0.5, 0.6) is 0 Å². The number of anilines is 2. The molecule has 0 aliphatic carbocycles. The first kappa shape index (κ1) is 21.3. The van der Waals surface area contributed by atoms with Gasteiger partial charge < -0.3 is 20.7 Å². The number of nitrogens with one attached hydrogen (secondary N) is 1. The molecule has 3 N–H and O–H groups in total. The quantitative estimate of drug-likeness (QED) is 0.795. The van der Waals surface area contributed by atoms with E-state index in [2.05, 4.69) is 15.3 Å². The van der Waals surface area contributed by atoms with Gasteiger partial charge in [-0.3, -0.25) is 0 Å². The summed E-state index contributed by atoms with van der Waals surface area (Å²) in [6.45, 7) is 6.73. The summed E-state index contributed by atoms with van der Waals surface area (Å²) in [5.74, 6) is 0.0424. The fraction of sp³-hybridized carbons (Fsp3) is 0.429. The van der Waals surface area contributed by atoms with Crippen molar-refractivity contribution in [2.45, 2.75) is 45.3 Å². The Morgan fingerprint density at radius 2 is 2.13 bits per heavy atom. The number of hydrogen-bond donors (Lipinski definition) is 2. The largest absolute Gasteiger partial charge is 0.444 e. The van der Waals surface area contributed by atoms with Gasteiger partial charge in [0.1, 0.15) is 23.3 Å². The molecule has 3 rings (SSSR count). The van der Waals surface area contributed by atoms with E-state index in [9.17, 15) is 9.18 Å². The van der Waals surface area contributed by atoms with Gasteiger partial charge in [0.25, 0.3) is 0 Å². The highest BCUT2D eigenvalue weighted by atomic mass is 19.1. The number of benzene rings is 1. The number of nitrogens with zero attached hydrogens (tertiary/aromatic N) is 4. The second-order valence-corrected chi connectivity index (χ2v) is 8.21. The Labute approximate surface area is 174 Å². The number of rotatable bonds is 3. The van der Waals surface area contributed by atoms with E-state index in [1.54, 1.807) is 18.2 Å². The van der Waals surface area contributed by atoms with Crippen LogP contribution in [-0.4, -0.2) is 40.8 Å². The first-order valence-electron chi connectivity index (χ1n) is 9.73. The predicted octanol–water partition coefficient (Wildman–Crippen LogP) is 3.23. The van der Waals surface area contributed by atoms with Crippen LogP contribution in [0.2, 0.25) is 0 Å². The van der Waals surface area contributed by atoms with Crippen molar-refractivity contribution in [3.63, 3.8) is 0 Å². The van der Waals surface area contributed by atoms with Gasteiger partial charge in [0.2, 0.25) is 5.95 Å². The Bertz CT molecular complexity index is 982. The Hall–Kier alpha value is -3.41. The van der Waals surface area contributed by atoms with E-state index in [-0.39, 0.29) is 17.6 Å². The van der Waals surface area contributed by atoms with Gasteiger partial charge in [-0.2, -0.15) is 10.2 Å². The number of halogens is 1. The Kier molecular flexibility index (Phi) is 6.06. The summed E-state index contributed by atoms with van der Waals surface area (Å²) in [4.78, 5) is 22.6. The minimum Gasteiger partial charge on any atom is -0.444 e. The molecule has 1 saturated heterocycles. The maximum Gasteiger partial charge on any atom is 0.407 e. The van der Waals surface area contributed by atoms with Crippen molar-refractivity contribution in [3.05, 3.63) is 35.6 Å². The minimum atomic E-state index is -0.617. The lowest BCUT2D eigenvalue weighted by Gasteiger charge is -2.34. The van der Waals surface area contributed by atoms with Gasteiger partial charge >= 0.3 is 6.09 Å². The molecule has 1 aromatic carbocycles. The molecule has 1 aliphatic rings. The summed E-state index contributed by atoms with van der Waals surface area (Å²) in [6, 6.07) is 7.72. The summed E-state index contributed by atoms with van der Waals surface area (Å²) in [5, 5.41) is 11.8. The first-order valence-corrected chi connectivity index (χ1v) is 9.73. The van der Waals surface area contributed by atoms with Gasteiger partial charge in [-0.05, 0) is 45.7 Å². The van der Waals surface area contributed by atoms with Gasteiger partial charge in [-0.1, -0.05) is 6.07 Å². The number of nitrogens with two attached hydrogens (primary N) is 1. The molecule has 0 radical (unpaired) electrons. The molecule has 1 fully saturated rings. The van der Waals surface area contributed by atoms with Crippen molar-refractivity contribution >= 4 is 17.9 Å². The van der Waals surface area contributed by atoms with E-state index < -0.39 is 17.5 Å². The van der Waals surface area contributed by atoms with E-state index in [1.165, 1.54) is 12.1 Å². The molecule has 1 aliphatic heterocycles. The number of ether oxygens (including phenoxy) is 1. The van der Waals surface area contributed by atoms with Crippen LogP contribution < -0.4 is 16.0 Å². The molecule has 2 aromatic rings. The molecular formula is C21H25FN6O2. The lowest BCUT2D eigenvalue weighted by Crippen LogP contribution is -2.49. The van der Waals surface area contributed by atoms with Crippen molar-refractivity contribution in [2.75, 3.05) is 23.7 Å². The third-order valence-electron chi connectivity index (χ3n) is 4.58. The molecule has 1 amide bonds. The topological polar surface area (TPSA) is 117 Å². The van der Waals surface area contributed by atoms with Crippen LogP contribution >= 0.6 is 0 Å². The fourth-order valence-electron chi connectivity index (χ4n) is 3.30. The zero-order valence-electron chi connectivity index (χ0n) is 17.3. The van der Waals surface area contributed by atoms with Crippen LogP contribution in [0.1, 0.15) is 39.2 Å². The molecule has 0 bridgehead atoms. The third-order valence-corrected chi connectivity index (χ3v) is 4.58. The highest BCUT2D eigenvalue weighted by Gasteiger charge is 2.25. The minimum absolute atomic E-state index is 0.0342. The van der Waals surface area contributed by atoms with Crippen molar-refractivity contribution in [3.8, 4) is 17.3 Å². The highest BCUT2D eigenvalue weighted by molar-refractivity contribution is 5.68. The molecule has 0 spiro atoms. The SMILES string of the molecule is CC(C)(C)OC(=O)NC1CCCN(c2cc(-c3ccc(C#N)c(F)c3)nc(N)n2)C1. The molecule has 1 unspecified atom stereocenters. The molecule has 2 heterocycles. The van der Waals surface area contributed by atoms with Crippen LogP contribution in [0.25, 0.3) is 11.3 Å². The second-order valence-electron chi connectivity index (χ2n) is 8.21. The maximum atomic E-state index is 14.0. The van der Waals surface area contributed by atoms with E-state index in [1.807, 2.05) is 25.7 Å². The van der Waals surface area contributed by atoms with Gasteiger partial charge in [0.05, 0.1) is 11.3 Å². The predicted molar refractivity (Wildman–Crippen MR) is 111 cm³/mol. The molecular weight excluding hydrogens is 387 g/mol. The van der Waals surface area contributed by atoms with Gasteiger partial charge in [0.15, 0.2) is 0 Å².